The second-order valence-electron chi connectivity index (χ2n) is 7.67. The van der Waals surface area contributed by atoms with Crippen LogP contribution in [0.1, 0.15) is 46.2 Å². The lowest BCUT2D eigenvalue weighted by Gasteiger charge is -2.26. The van der Waals surface area contributed by atoms with E-state index >= 15 is 0 Å². The molecule has 1 aromatic carbocycles. The van der Waals surface area contributed by atoms with E-state index in [0.717, 1.165) is 11.3 Å². The third-order valence-corrected chi connectivity index (χ3v) is 7.40. The summed E-state index contributed by atoms with van der Waals surface area (Å²) in [5.41, 5.74) is 6.02. The molecule has 2 heterocycles. The molecule has 1 aliphatic heterocycles. The van der Waals surface area contributed by atoms with Crippen LogP contribution in [0.2, 0.25) is 0 Å². The van der Waals surface area contributed by atoms with Gasteiger partial charge in [-0.1, -0.05) is 6.07 Å². The number of aromatic nitrogens is 1. The zero-order valence-corrected chi connectivity index (χ0v) is 18.0. The van der Waals surface area contributed by atoms with Crippen molar-refractivity contribution in [3.05, 3.63) is 52.8 Å². The second kappa shape index (κ2) is 8.33. The molecule has 1 aliphatic carbocycles. The summed E-state index contributed by atoms with van der Waals surface area (Å²) in [5, 5.41) is 4.08. The van der Waals surface area contributed by atoms with Crippen molar-refractivity contribution in [1.82, 2.24) is 14.3 Å². The van der Waals surface area contributed by atoms with Crippen LogP contribution in [0.15, 0.2) is 40.3 Å². The van der Waals surface area contributed by atoms with Crippen molar-refractivity contribution in [2.45, 2.75) is 37.6 Å². The molecule has 0 bridgehead atoms. The molecule has 0 atom stereocenters. The summed E-state index contributed by atoms with van der Waals surface area (Å²) in [7, 11) is -3.66. The fraction of sp³-hybridized carbons (Fsp3) is 0.429. The molecule has 30 heavy (non-hydrogen) atoms. The van der Waals surface area contributed by atoms with Gasteiger partial charge < -0.3 is 9.30 Å². The van der Waals surface area contributed by atoms with E-state index < -0.39 is 15.9 Å². The van der Waals surface area contributed by atoms with Crippen molar-refractivity contribution >= 4 is 22.1 Å². The number of sulfonamides is 1. The number of aryl methyl sites for hydroxylation is 1. The number of hydrazone groups is 1. The summed E-state index contributed by atoms with van der Waals surface area (Å²) in [5.74, 6) is -0.457. The van der Waals surface area contributed by atoms with Crippen LogP contribution in [0.25, 0.3) is 0 Å². The Morgan fingerprint density at radius 2 is 1.93 bits per heavy atom. The molecule has 1 amide bonds. The number of rotatable bonds is 6. The molecule has 4 rings (SSSR count). The van der Waals surface area contributed by atoms with E-state index in [0.29, 0.717) is 32.3 Å². The number of amides is 1. The van der Waals surface area contributed by atoms with Gasteiger partial charge in [0.15, 0.2) is 0 Å². The summed E-state index contributed by atoms with van der Waals surface area (Å²) >= 11 is 0. The maximum atomic E-state index is 12.8. The van der Waals surface area contributed by atoms with E-state index in [4.69, 9.17) is 4.74 Å². The summed E-state index contributed by atoms with van der Waals surface area (Å²) < 4.78 is 34.5. The summed E-state index contributed by atoms with van der Waals surface area (Å²) in [4.78, 5) is 12.6. The highest BCUT2D eigenvalue weighted by molar-refractivity contribution is 7.89. The van der Waals surface area contributed by atoms with Crippen LogP contribution in [-0.2, 0) is 14.8 Å². The van der Waals surface area contributed by atoms with E-state index in [1.165, 1.54) is 35.0 Å². The maximum Gasteiger partial charge on any atom is 0.271 e. The Morgan fingerprint density at radius 3 is 2.63 bits per heavy atom. The molecule has 0 unspecified atom stereocenters. The SMILES string of the molecule is Cc1cc(/C=N/NC(=O)c2cccc(S(=O)(=O)N3CCOCC3)c2)c(C)n1C1CC1. The number of ether oxygens (including phenoxy) is 1. The smallest absolute Gasteiger partial charge is 0.271 e. The number of morpholine rings is 1. The third kappa shape index (κ3) is 4.19. The van der Waals surface area contributed by atoms with Crippen molar-refractivity contribution in [3.63, 3.8) is 0 Å². The van der Waals surface area contributed by atoms with Gasteiger partial charge in [0.2, 0.25) is 10.0 Å². The first-order valence-electron chi connectivity index (χ1n) is 10.1. The number of benzene rings is 1. The zero-order chi connectivity index (χ0) is 21.3. The number of carbonyl (C=O) groups is 1. The van der Waals surface area contributed by atoms with Gasteiger partial charge in [-0.15, -0.1) is 0 Å². The number of nitrogens with one attached hydrogen (secondary N) is 1. The molecule has 2 aliphatic rings. The summed E-state index contributed by atoms with van der Waals surface area (Å²) in [6.07, 6.45) is 4.04. The van der Waals surface area contributed by atoms with Crippen molar-refractivity contribution in [1.29, 1.82) is 0 Å². The summed E-state index contributed by atoms with van der Waals surface area (Å²) in [6.45, 7) is 5.48. The molecule has 1 aromatic heterocycles. The lowest BCUT2D eigenvalue weighted by molar-refractivity contribution is 0.0730. The van der Waals surface area contributed by atoms with Gasteiger partial charge in [-0.2, -0.15) is 9.41 Å². The minimum atomic E-state index is -3.66. The molecule has 1 N–H and O–H groups in total. The molecule has 0 spiro atoms. The van der Waals surface area contributed by atoms with E-state index in [-0.39, 0.29) is 10.5 Å². The molecule has 1 saturated heterocycles. The Hall–Kier alpha value is -2.49. The molecule has 9 heteroatoms. The largest absolute Gasteiger partial charge is 0.379 e. The van der Waals surface area contributed by atoms with Gasteiger partial charge in [0.25, 0.3) is 5.91 Å². The van der Waals surface area contributed by atoms with E-state index in [1.54, 1.807) is 18.3 Å². The quantitative estimate of drug-likeness (QED) is 0.562. The van der Waals surface area contributed by atoms with Crippen molar-refractivity contribution in [2.24, 2.45) is 5.10 Å². The highest BCUT2D eigenvalue weighted by atomic mass is 32.2. The Morgan fingerprint density at radius 1 is 1.20 bits per heavy atom. The van der Waals surface area contributed by atoms with Crippen LogP contribution in [0.5, 0.6) is 0 Å². The monoisotopic (exact) mass is 430 g/mol. The van der Waals surface area contributed by atoms with Gasteiger partial charge in [0.05, 0.1) is 24.3 Å². The third-order valence-electron chi connectivity index (χ3n) is 5.51. The Balaban J connectivity index is 1.46. The fourth-order valence-electron chi connectivity index (χ4n) is 3.79. The maximum absolute atomic E-state index is 12.8. The number of carbonyl (C=O) groups excluding carboxylic acids is 1. The van der Waals surface area contributed by atoms with Crippen LogP contribution in [0.4, 0.5) is 0 Å². The average Bonchev–Trinajstić information content (AvgIpc) is 3.54. The Bertz CT molecular complexity index is 1080. The van der Waals surface area contributed by atoms with Crippen molar-refractivity contribution in [3.8, 4) is 0 Å². The minimum Gasteiger partial charge on any atom is -0.379 e. The van der Waals surface area contributed by atoms with Gasteiger partial charge >= 0.3 is 0 Å². The molecule has 8 nitrogen and oxygen atoms in total. The number of nitrogens with zero attached hydrogens (tertiary/aromatic N) is 3. The lowest BCUT2D eigenvalue weighted by Crippen LogP contribution is -2.40. The van der Waals surface area contributed by atoms with Gasteiger partial charge in [0.1, 0.15) is 0 Å². The number of hydrogen-bond donors (Lipinski definition) is 1. The minimum absolute atomic E-state index is 0.0917. The molecule has 2 fully saturated rings. The highest BCUT2D eigenvalue weighted by Crippen LogP contribution is 2.38. The van der Waals surface area contributed by atoms with E-state index in [2.05, 4.69) is 35.0 Å². The molecule has 160 valence electrons. The Labute approximate surface area is 176 Å². The number of hydrogen-bond acceptors (Lipinski definition) is 5. The Kier molecular flexibility index (Phi) is 5.77. The van der Waals surface area contributed by atoms with Gasteiger partial charge in [-0.25, -0.2) is 13.8 Å². The summed E-state index contributed by atoms with van der Waals surface area (Å²) in [6, 6.07) is 8.65. The molecule has 1 saturated carbocycles. The standard InChI is InChI=1S/C21H26N4O4S/c1-15-12-18(16(2)25(15)19-6-7-19)14-22-23-21(26)17-4-3-5-20(13-17)30(27,28)24-8-10-29-11-9-24/h3-5,12-14,19H,6-11H2,1-2H3,(H,23,26)/b22-14+. The lowest BCUT2D eigenvalue weighted by atomic mass is 10.2. The van der Waals surface area contributed by atoms with Gasteiger partial charge in [-0.05, 0) is 51.0 Å². The van der Waals surface area contributed by atoms with Crippen LogP contribution in [0, 0.1) is 13.8 Å². The van der Waals surface area contributed by atoms with E-state index in [9.17, 15) is 13.2 Å². The topological polar surface area (TPSA) is 93.0 Å². The predicted molar refractivity (Wildman–Crippen MR) is 113 cm³/mol. The first-order chi connectivity index (χ1) is 14.4. The van der Waals surface area contributed by atoms with Crippen molar-refractivity contribution < 1.29 is 17.9 Å². The average molecular weight is 431 g/mol. The van der Waals surface area contributed by atoms with Crippen LogP contribution in [0.3, 0.4) is 0 Å². The highest BCUT2D eigenvalue weighted by Gasteiger charge is 2.27. The van der Waals surface area contributed by atoms with Crippen molar-refractivity contribution in [2.75, 3.05) is 26.3 Å². The molecular weight excluding hydrogens is 404 g/mol. The predicted octanol–water partition coefficient (Wildman–Crippen LogP) is 2.22. The van der Waals surface area contributed by atoms with Gasteiger partial charge in [-0.3, -0.25) is 4.79 Å². The van der Waals surface area contributed by atoms with Crippen LogP contribution in [-0.4, -0.2) is 55.7 Å². The van der Waals surface area contributed by atoms with Crippen LogP contribution >= 0.6 is 0 Å². The first kappa shape index (κ1) is 20.8. The molecular formula is C21H26N4O4S. The first-order valence-corrected chi connectivity index (χ1v) is 11.5. The van der Waals surface area contributed by atoms with E-state index in [1.807, 2.05) is 0 Å². The van der Waals surface area contributed by atoms with Crippen LogP contribution < -0.4 is 5.43 Å². The zero-order valence-electron chi connectivity index (χ0n) is 17.2. The second-order valence-corrected chi connectivity index (χ2v) is 9.61. The molecule has 0 radical (unpaired) electrons. The fourth-order valence-corrected chi connectivity index (χ4v) is 5.24. The normalized spacial score (nSPS) is 18.1. The molecule has 2 aromatic rings. The van der Waals surface area contributed by atoms with Gasteiger partial charge in [0, 0.05) is 41.6 Å².